The van der Waals surface area contributed by atoms with Gasteiger partial charge in [-0.3, -0.25) is 4.57 Å². The number of aromatic nitrogens is 2. The minimum Gasteiger partial charge on any atom is -0.300 e. The van der Waals surface area contributed by atoms with E-state index in [-0.39, 0.29) is 5.82 Å². The molecule has 0 aliphatic carbocycles. The molecule has 0 aliphatic heterocycles. The first-order chi connectivity index (χ1) is 9.24. The molecule has 1 aromatic heterocycles. The van der Waals surface area contributed by atoms with E-state index in [0.717, 1.165) is 17.1 Å². The van der Waals surface area contributed by atoms with Crippen LogP contribution in [0.4, 0.5) is 4.39 Å². The zero-order valence-electron chi connectivity index (χ0n) is 9.92. The minimum atomic E-state index is -0.256. The lowest BCUT2D eigenvalue weighted by Crippen LogP contribution is -1.95. The Bertz CT molecular complexity index is 627. The summed E-state index contributed by atoms with van der Waals surface area (Å²) in [5.74, 6) is 0.510. The molecule has 0 saturated carbocycles. The van der Waals surface area contributed by atoms with Crippen LogP contribution in [0.1, 0.15) is 0 Å². The molecule has 0 saturated heterocycles. The second-order valence-electron chi connectivity index (χ2n) is 4.10. The predicted molar refractivity (Wildman–Crippen MR) is 74.0 cm³/mol. The van der Waals surface area contributed by atoms with Crippen molar-refractivity contribution in [2.75, 3.05) is 0 Å². The average Bonchev–Trinajstić information content (AvgIpc) is 2.90. The van der Waals surface area contributed by atoms with E-state index in [2.05, 4.69) is 4.98 Å². The van der Waals surface area contributed by atoms with Gasteiger partial charge in [0.15, 0.2) is 0 Å². The van der Waals surface area contributed by atoms with E-state index < -0.39 is 0 Å². The fourth-order valence-corrected chi connectivity index (χ4v) is 2.05. The second kappa shape index (κ2) is 4.86. The summed E-state index contributed by atoms with van der Waals surface area (Å²) in [7, 11) is 0. The number of nitrogens with zero attached hydrogens (tertiary/aromatic N) is 2. The third kappa shape index (κ3) is 2.37. The molecule has 19 heavy (non-hydrogen) atoms. The first kappa shape index (κ1) is 11.9. The molecule has 0 fully saturated rings. The molecule has 94 valence electrons. The SMILES string of the molecule is Fc1ccc(-c2nccn2-c2ccc(Cl)cc2)cc1. The summed E-state index contributed by atoms with van der Waals surface area (Å²) in [6, 6.07) is 13.8. The average molecular weight is 273 g/mol. The fourth-order valence-electron chi connectivity index (χ4n) is 1.93. The van der Waals surface area contributed by atoms with Crippen molar-refractivity contribution in [3.8, 4) is 17.1 Å². The van der Waals surface area contributed by atoms with Gasteiger partial charge in [0.2, 0.25) is 0 Å². The monoisotopic (exact) mass is 272 g/mol. The second-order valence-corrected chi connectivity index (χ2v) is 4.54. The highest BCUT2D eigenvalue weighted by Gasteiger charge is 2.07. The maximum absolute atomic E-state index is 13.0. The van der Waals surface area contributed by atoms with E-state index in [1.807, 2.05) is 35.0 Å². The van der Waals surface area contributed by atoms with Crippen LogP contribution in [0.2, 0.25) is 5.02 Å². The Labute approximate surface area is 115 Å². The van der Waals surface area contributed by atoms with Crippen molar-refractivity contribution < 1.29 is 4.39 Å². The number of hydrogen-bond acceptors (Lipinski definition) is 1. The summed E-state index contributed by atoms with van der Waals surface area (Å²) in [4.78, 5) is 4.32. The number of halogens is 2. The molecule has 0 amide bonds. The van der Waals surface area contributed by atoms with Crippen molar-refractivity contribution in [1.29, 1.82) is 0 Å². The molecule has 0 spiro atoms. The van der Waals surface area contributed by atoms with E-state index in [9.17, 15) is 4.39 Å². The first-order valence-electron chi connectivity index (χ1n) is 5.79. The van der Waals surface area contributed by atoms with Gasteiger partial charge in [0, 0.05) is 28.7 Å². The first-order valence-corrected chi connectivity index (χ1v) is 6.17. The topological polar surface area (TPSA) is 17.8 Å². The van der Waals surface area contributed by atoms with Gasteiger partial charge in [-0.05, 0) is 48.5 Å². The van der Waals surface area contributed by atoms with Crippen LogP contribution in [0.3, 0.4) is 0 Å². The van der Waals surface area contributed by atoms with Crippen molar-refractivity contribution in [3.05, 3.63) is 71.8 Å². The van der Waals surface area contributed by atoms with Crippen molar-refractivity contribution in [3.63, 3.8) is 0 Å². The quantitative estimate of drug-likeness (QED) is 0.679. The lowest BCUT2D eigenvalue weighted by atomic mass is 10.2. The molecule has 0 atom stereocenters. The Morgan fingerprint density at radius 1 is 0.947 bits per heavy atom. The fraction of sp³-hybridized carbons (Fsp3) is 0. The van der Waals surface area contributed by atoms with Crippen LogP contribution in [-0.2, 0) is 0 Å². The lowest BCUT2D eigenvalue weighted by molar-refractivity contribution is 0.628. The predicted octanol–water partition coefficient (Wildman–Crippen LogP) is 4.33. The van der Waals surface area contributed by atoms with Gasteiger partial charge in [-0.1, -0.05) is 11.6 Å². The summed E-state index contributed by atoms with van der Waals surface area (Å²) < 4.78 is 14.9. The Balaban J connectivity index is 2.07. The molecule has 1 heterocycles. The smallest absolute Gasteiger partial charge is 0.144 e. The van der Waals surface area contributed by atoms with Crippen molar-refractivity contribution in [2.45, 2.75) is 0 Å². The number of imidazole rings is 1. The molecule has 4 heteroatoms. The van der Waals surface area contributed by atoms with E-state index in [4.69, 9.17) is 11.6 Å². The molecule has 2 aromatic carbocycles. The van der Waals surface area contributed by atoms with Crippen LogP contribution in [0.25, 0.3) is 17.1 Å². The maximum atomic E-state index is 13.0. The van der Waals surface area contributed by atoms with Gasteiger partial charge in [0.25, 0.3) is 0 Å². The third-order valence-corrected chi connectivity index (χ3v) is 3.10. The van der Waals surface area contributed by atoms with E-state index in [1.165, 1.54) is 12.1 Å². The molecular formula is C15H10ClFN2. The van der Waals surface area contributed by atoms with Gasteiger partial charge < -0.3 is 0 Å². The molecule has 2 nitrogen and oxygen atoms in total. The molecular weight excluding hydrogens is 263 g/mol. The highest BCUT2D eigenvalue weighted by molar-refractivity contribution is 6.30. The van der Waals surface area contributed by atoms with Crippen LogP contribution in [-0.4, -0.2) is 9.55 Å². The number of rotatable bonds is 2. The summed E-state index contributed by atoms with van der Waals surface area (Å²) in [5.41, 5.74) is 1.82. The van der Waals surface area contributed by atoms with Gasteiger partial charge in [-0.15, -0.1) is 0 Å². The summed E-state index contributed by atoms with van der Waals surface area (Å²) in [6.07, 6.45) is 3.58. The summed E-state index contributed by atoms with van der Waals surface area (Å²) in [5, 5.41) is 0.687. The third-order valence-electron chi connectivity index (χ3n) is 2.85. The summed E-state index contributed by atoms with van der Waals surface area (Å²) >= 11 is 5.88. The molecule has 0 bridgehead atoms. The Morgan fingerprint density at radius 2 is 1.63 bits per heavy atom. The van der Waals surface area contributed by atoms with Gasteiger partial charge >= 0.3 is 0 Å². The molecule has 0 aliphatic rings. The normalized spacial score (nSPS) is 10.6. The van der Waals surface area contributed by atoms with Gasteiger partial charge in [0.05, 0.1) is 0 Å². The Kier molecular flexibility index (Phi) is 3.05. The molecule has 0 radical (unpaired) electrons. The molecule has 3 aromatic rings. The van der Waals surface area contributed by atoms with E-state index in [1.54, 1.807) is 18.3 Å². The zero-order valence-corrected chi connectivity index (χ0v) is 10.7. The van der Waals surface area contributed by atoms with Gasteiger partial charge in [-0.2, -0.15) is 0 Å². The Hall–Kier alpha value is -2.13. The molecule has 0 unspecified atom stereocenters. The van der Waals surface area contributed by atoms with Gasteiger partial charge in [0.1, 0.15) is 11.6 Å². The van der Waals surface area contributed by atoms with Crippen LogP contribution < -0.4 is 0 Å². The number of hydrogen-bond donors (Lipinski definition) is 0. The van der Waals surface area contributed by atoms with Gasteiger partial charge in [-0.25, -0.2) is 9.37 Å². The van der Waals surface area contributed by atoms with Crippen molar-refractivity contribution in [2.24, 2.45) is 0 Å². The summed E-state index contributed by atoms with van der Waals surface area (Å²) in [6.45, 7) is 0. The van der Waals surface area contributed by atoms with Crippen molar-refractivity contribution in [1.82, 2.24) is 9.55 Å². The van der Waals surface area contributed by atoms with E-state index in [0.29, 0.717) is 5.02 Å². The lowest BCUT2D eigenvalue weighted by Gasteiger charge is -2.08. The van der Waals surface area contributed by atoms with Crippen LogP contribution >= 0.6 is 11.6 Å². The number of benzene rings is 2. The van der Waals surface area contributed by atoms with Crippen LogP contribution in [0.5, 0.6) is 0 Å². The minimum absolute atomic E-state index is 0.256. The standard InChI is InChI=1S/C15H10ClFN2/c16-12-3-7-14(8-4-12)19-10-9-18-15(19)11-1-5-13(17)6-2-11/h1-10H. The van der Waals surface area contributed by atoms with Crippen molar-refractivity contribution >= 4 is 11.6 Å². The van der Waals surface area contributed by atoms with Crippen LogP contribution in [0.15, 0.2) is 60.9 Å². The highest BCUT2D eigenvalue weighted by Crippen LogP contribution is 2.22. The molecule has 0 N–H and O–H groups in total. The maximum Gasteiger partial charge on any atom is 0.144 e. The zero-order chi connectivity index (χ0) is 13.2. The highest BCUT2D eigenvalue weighted by atomic mass is 35.5. The largest absolute Gasteiger partial charge is 0.300 e. The van der Waals surface area contributed by atoms with Crippen LogP contribution in [0, 0.1) is 5.82 Å². The Morgan fingerprint density at radius 3 is 2.32 bits per heavy atom. The van der Waals surface area contributed by atoms with E-state index >= 15 is 0 Å². The molecule has 3 rings (SSSR count).